The maximum atomic E-state index is 13.2. The molecule has 0 bridgehead atoms. The van der Waals surface area contributed by atoms with Crippen molar-refractivity contribution in [1.82, 2.24) is 0 Å². The summed E-state index contributed by atoms with van der Waals surface area (Å²) in [4.78, 5) is 0. The summed E-state index contributed by atoms with van der Waals surface area (Å²) in [6.45, 7) is 1.97. The molecular weight excluding hydrogens is 223 g/mol. The molecule has 1 aromatic carbocycles. The number of methoxy groups -OCH3 is 1. The largest absolute Gasteiger partial charge is 0.496 e. The smallest absolute Gasteiger partial charge is 0.124 e. The molecule has 2 rings (SSSR count). The summed E-state index contributed by atoms with van der Waals surface area (Å²) in [5, 5.41) is 10.2. The summed E-state index contributed by atoms with van der Waals surface area (Å²) in [7, 11) is 1.50. The van der Waals surface area contributed by atoms with Crippen molar-refractivity contribution in [2.75, 3.05) is 7.11 Å². The maximum Gasteiger partial charge on any atom is 0.124 e. The maximum absolute atomic E-state index is 13.2. The summed E-state index contributed by atoms with van der Waals surface area (Å²) in [5.41, 5.74) is 0.451. The zero-order valence-corrected chi connectivity index (χ0v) is 10.0. The van der Waals surface area contributed by atoms with Crippen LogP contribution in [0.25, 0.3) is 0 Å². The van der Waals surface area contributed by atoms with Gasteiger partial charge in [0.2, 0.25) is 0 Å². The van der Waals surface area contributed by atoms with Crippen molar-refractivity contribution in [3.05, 3.63) is 29.6 Å². The van der Waals surface area contributed by atoms with Crippen LogP contribution in [0.2, 0.25) is 0 Å². The molecule has 1 fully saturated rings. The lowest BCUT2D eigenvalue weighted by Crippen LogP contribution is -2.19. The Labute approximate surface area is 100 Å². The lowest BCUT2D eigenvalue weighted by molar-refractivity contribution is -0.0306. The first-order valence-corrected chi connectivity index (χ1v) is 5.78. The Morgan fingerprint density at radius 1 is 1.47 bits per heavy atom. The van der Waals surface area contributed by atoms with Crippen molar-refractivity contribution in [1.29, 1.82) is 0 Å². The molecule has 1 aliphatic heterocycles. The Morgan fingerprint density at radius 3 is 2.82 bits per heavy atom. The van der Waals surface area contributed by atoms with Gasteiger partial charge in [-0.1, -0.05) is 0 Å². The van der Waals surface area contributed by atoms with Crippen LogP contribution in [0.1, 0.15) is 31.4 Å². The molecule has 0 aromatic heterocycles. The van der Waals surface area contributed by atoms with Crippen molar-refractivity contribution < 1.29 is 19.0 Å². The van der Waals surface area contributed by atoms with E-state index < -0.39 is 6.10 Å². The van der Waals surface area contributed by atoms with Crippen molar-refractivity contribution in [3.8, 4) is 5.75 Å². The summed E-state index contributed by atoms with van der Waals surface area (Å²) >= 11 is 0. The summed E-state index contributed by atoms with van der Waals surface area (Å²) in [6.07, 6.45) is 0.724. The van der Waals surface area contributed by atoms with E-state index in [2.05, 4.69) is 0 Å². The van der Waals surface area contributed by atoms with Gasteiger partial charge in [0.05, 0.1) is 19.3 Å². The minimum absolute atomic E-state index is 0.147. The summed E-state index contributed by atoms with van der Waals surface area (Å²) in [6, 6.07) is 4.13. The van der Waals surface area contributed by atoms with E-state index in [-0.39, 0.29) is 18.0 Å². The number of hydrogen-bond acceptors (Lipinski definition) is 3. The van der Waals surface area contributed by atoms with Gasteiger partial charge in [-0.25, -0.2) is 4.39 Å². The van der Waals surface area contributed by atoms with Gasteiger partial charge in [0.15, 0.2) is 0 Å². The quantitative estimate of drug-likeness (QED) is 0.882. The molecule has 0 spiro atoms. The highest BCUT2D eigenvalue weighted by atomic mass is 19.1. The highest BCUT2D eigenvalue weighted by Gasteiger charge is 2.31. The van der Waals surface area contributed by atoms with E-state index in [1.54, 1.807) is 0 Å². The first-order chi connectivity index (χ1) is 8.11. The van der Waals surface area contributed by atoms with Gasteiger partial charge in [0.25, 0.3) is 0 Å². The fourth-order valence-electron chi connectivity index (χ4n) is 2.20. The number of halogens is 1. The van der Waals surface area contributed by atoms with Crippen LogP contribution in [0.3, 0.4) is 0 Å². The molecule has 1 N–H and O–H groups in total. The van der Waals surface area contributed by atoms with Crippen molar-refractivity contribution in [3.63, 3.8) is 0 Å². The minimum Gasteiger partial charge on any atom is -0.496 e. The first-order valence-electron chi connectivity index (χ1n) is 5.78. The molecule has 0 saturated carbocycles. The van der Waals surface area contributed by atoms with Gasteiger partial charge in [0.1, 0.15) is 17.7 Å². The van der Waals surface area contributed by atoms with Crippen molar-refractivity contribution >= 4 is 0 Å². The number of aliphatic hydroxyl groups excluding tert-OH is 1. The highest BCUT2D eigenvalue weighted by Crippen LogP contribution is 2.34. The predicted octanol–water partition coefficient (Wildman–Crippen LogP) is 2.44. The number of hydrogen-bond donors (Lipinski definition) is 1. The van der Waals surface area contributed by atoms with E-state index >= 15 is 0 Å². The molecular formula is C13H17FO3. The number of ether oxygens (including phenoxy) is 2. The van der Waals surface area contributed by atoms with Gasteiger partial charge in [-0.05, 0) is 38.0 Å². The van der Waals surface area contributed by atoms with E-state index in [0.717, 1.165) is 12.8 Å². The van der Waals surface area contributed by atoms with Gasteiger partial charge >= 0.3 is 0 Å². The van der Waals surface area contributed by atoms with Crippen LogP contribution < -0.4 is 4.74 Å². The lowest BCUT2D eigenvalue weighted by Gasteiger charge is -2.20. The average molecular weight is 240 g/mol. The van der Waals surface area contributed by atoms with Crippen LogP contribution in [-0.4, -0.2) is 24.4 Å². The zero-order chi connectivity index (χ0) is 12.4. The van der Waals surface area contributed by atoms with E-state index in [0.29, 0.717) is 11.3 Å². The normalized spacial score (nSPS) is 25.9. The molecule has 3 nitrogen and oxygen atoms in total. The Kier molecular flexibility index (Phi) is 3.64. The van der Waals surface area contributed by atoms with Gasteiger partial charge in [-0.3, -0.25) is 0 Å². The second-order valence-corrected chi connectivity index (χ2v) is 4.39. The molecule has 0 aliphatic carbocycles. The molecule has 1 saturated heterocycles. The fraction of sp³-hybridized carbons (Fsp3) is 0.538. The molecule has 1 heterocycles. The standard InChI is InChI=1S/C13H17FO3/c1-8-3-5-12(17-8)13(15)10-7-9(14)4-6-11(10)16-2/h4,6-8,12-13,15H,3,5H2,1-2H3. The van der Waals surface area contributed by atoms with Crippen LogP contribution in [-0.2, 0) is 4.74 Å². The molecule has 3 atom stereocenters. The molecule has 0 radical (unpaired) electrons. The third-order valence-corrected chi connectivity index (χ3v) is 3.13. The molecule has 0 amide bonds. The van der Waals surface area contributed by atoms with Gasteiger partial charge in [-0.2, -0.15) is 0 Å². The van der Waals surface area contributed by atoms with Crippen molar-refractivity contribution in [2.24, 2.45) is 0 Å². The van der Waals surface area contributed by atoms with Crippen LogP contribution >= 0.6 is 0 Å². The minimum atomic E-state index is -0.842. The molecule has 1 aromatic rings. The van der Waals surface area contributed by atoms with Crippen molar-refractivity contribution in [2.45, 2.75) is 38.1 Å². The first kappa shape index (κ1) is 12.3. The topological polar surface area (TPSA) is 38.7 Å². The van der Waals surface area contributed by atoms with E-state index in [4.69, 9.17) is 9.47 Å². The second kappa shape index (κ2) is 5.02. The van der Waals surface area contributed by atoms with E-state index in [1.807, 2.05) is 6.92 Å². The van der Waals surface area contributed by atoms with Crippen LogP contribution in [0, 0.1) is 5.82 Å². The Hall–Kier alpha value is -1.13. The van der Waals surface area contributed by atoms with Gasteiger partial charge in [0, 0.05) is 5.56 Å². The van der Waals surface area contributed by atoms with E-state index in [9.17, 15) is 9.50 Å². The number of benzene rings is 1. The predicted molar refractivity (Wildman–Crippen MR) is 61.5 cm³/mol. The second-order valence-electron chi connectivity index (χ2n) is 4.39. The molecule has 17 heavy (non-hydrogen) atoms. The van der Waals surface area contributed by atoms with Gasteiger partial charge < -0.3 is 14.6 Å². The zero-order valence-electron chi connectivity index (χ0n) is 10.0. The lowest BCUT2D eigenvalue weighted by atomic mass is 10.0. The Morgan fingerprint density at radius 2 is 2.24 bits per heavy atom. The van der Waals surface area contributed by atoms with Crippen LogP contribution in [0.5, 0.6) is 5.75 Å². The van der Waals surface area contributed by atoms with Crippen LogP contribution in [0.15, 0.2) is 18.2 Å². The number of aliphatic hydroxyl groups is 1. The summed E-state index contributed by atoms with van der Waals surface area (Å²) < 4.78 is 23.9. The molecule has 94 valence electrons. The SMILES string of the molecule is COc1ccc(F)cc1C(O)C1CCC(C)O1. The molecule has 1 aliphatic rings. The third-order valence-electron chi connectivity index (χ3n) is 3.13. The third kappa shape index (κ3) is 2.58. The highest BCUT2D eigenvalue weighted by molar-refractivity contribution is 5.36. The Bertz CT molecular complexity index is 394. The monoisotopic (exact) mass is 240 g/mol. The van der Waals surface area contributed by atoms with Crippen LogP contribution in [0.4, 0.5) is 4.39 Å². The fourth-order valence-corrected chi connectivity index (χ4v) is 2.20. The van der Waals surface area contributed by atoms with Gasteiger partial charge in [-0.15, -0.1) is 0 Å². The Balaban J connectivity index is 2.23. The summed E-state index contributed by atoms with van der Waals surface area (Å²) in [5.74, 6) is 0.105. The molecule has 3 unspecified atom stereocenters. The average Bonchev–Trinajstić information content (AvgIpc) is 2.75. The molecule has 4 heteroatoms. The van der Waals surface area contributed by atoms with E-state index in [1.165, 1.54) is 25.3 Å². The number of rotatable bonds is 3.